The highest BCUT2D eigenvalue weighted by Crippen LogP contribution is 2.32. The molecule has 0 aliphatic heterocycles. The van der Waals surface area contributed by atoms with Crippen molar-refractivity contribution >= 4 is 0 Å². The fourth-order valence-corrected chi connectivity index (χ4v) is 1.95. The Morgan fingerprint density at radius 3 is 2.20 bits per heavy atom. The van der Waals surface area contributed by atoms with Crippen molar-refractivity contribution in [1.82, 2.24) is 0 Å². The van der Waals surface area contributed by atoms with Gasteiger partial charge in [-0.2, -0.15) is 0 Å². The monoisotopic (exact) mass is 142 g/mol. The van der Waals surface area contributed by atoms with Gasteiger partial charge in [-0.15, -0.1) is 0 Å². The van der Waals surface area contributed by atoms with Crippen LogP contribution in [0.15, 0.2) is 0 Å². The maximum Gasteiger partial charge on any atom is 0.0570 e. The zero-order valence-electron chi connectivity index (χ0n) is 7.17. The van der Waals surface area contributed by atoms with Crippen LogP contribution in [0.4, 0.5) is 0 Å². The minimum Gasteiger partial charge on any atom is -0.393 e. The third kappa shape index (κ3) is 1.51. The molecule has 1 nitrogen and oxygen atoms in total. The van der Waals surface area contributed by atoms with E-state index in [1.165, 1.54) is 6.42 Å². The van der Waals surface area contributed by atoms with Crippen LogP contribution < -0.4 is 0 Å². The molecular formula is C9H18O. The lowest BCUT2D eigenvalue weighted by molar-refractivity contribution is 0.0259. The average Bonchev–Trinajstić information content (AvgIpc) is 1.82. The fraction of sp³-hybridized carbons (Fsp3) is 1.00. The highest BCUT2D eigenvalue weighted by atomic mass is 16.3. The molecule has 60 valence electrons. The lowest BCUT2D eigenvalue weighted by Crippen LogP contribution is -2.32. The molecule has 0 spiro atoms. The molecule has 0 amide bonds. The molecule has 0 bridgehead atoms. The third-order valence-corrected chi connectivity index (χ3v) is 2.92. The van der Waals surface area contributed by atoms with Gasteiger partial charge in [-0.25, -0.2) is 0 Å². The second kappa shape index (κ2) is 2.91. The van der Waals surface area contributed by atoms with Crippen molar-refractivity contribution in [3.63, 3.8) is 0 Å². The second-order valence-electron chi connectivity index (χ2n) is 3.98. The van der Waals surface area contributed by atoms with Crippen LogP contribution in [0.1, 0.15) is 33.6 Å². The van der Waals surface area contributed by atoms with Gasteiger partial charge in [-0.1, -0.05) is 20.8 Å². The Hall–Kier alpha value is -0.0400. The fourth-order valence-electron chi connectivity index (χ4n) is 1.95. The number of aliphatic hydroxyl groups excluding tert-OH is 1. The first kappa shape index (κ1) is 8.06. The topological polar surface area (TPSA) is 20.2 Å². The first-order chi connectivity index (χ1) is 4.61. The molecule has 1 heteroatoms. The van der Waals surface area contributed by atoms with E-state index >= 15 is 0 Å². The predicted octanol–water partition coefficient (Wildman–Crippen LogP) is 2.05. The van der Waals surface area contributed by atoms with Crippen molar-refractivity contribution in [1.29, 1.82) is 0 Å². The van der Waals surface area contributed by atoms with Crippen LogP contribution in [0.3, 0.4) is 0 Å². The van der Waals surface area contributed by atoms with Gasteiger partial charge in [0, 0.05) is 0 Å². The summed E-state index contributed by atoms with van der Waals surface area (Å²) in [5.74, 6) is 1.94. The molecular weight excluding hydrogens is 124 g/mol. The maximum absolute atomic E-state index is 9.52. The molecule has 1 aliphatic rings. The first-order valence-corrected chi connectivity index (χ1v) is 4.29. The van der Waals surface area contributed by atoms with E-state index in [0.29, 0.717) is 11.8 Å². The molecule has 1 N–H and O–H groups in total. The van der Waals surface area contributed by atoms with E-state index in [2.05, 4.69) is 20.8 Å². The average molecular weight is 142 g/mol. The normalized spacial score (nSPS) is 49.2. The Kier molecular flexibility index (Phi) is 2.35. The van der Waals surface area contributed by atoms with E-state index in [9.17, 15) is 5.11 Å². The van der Waals surface area contributed by atoms with Gasteiger partial charge < -0.3 is 5.11 Å². The molecule has 10 heavy (non-hydrogen) atoms. The zero-order chi connectivity index (χ0) is 7.72. The van der Waals surface area contributed by atoms with Gasteiger partial charge in [-0.3, -0.25) is 0 Å². The third-order valence-electron chi connectivity index (χ3n) is 2.92. The summed E-state index contributed by atoms with van der Waals surface area (Å²) in [7, 11) is 0. The minimum atomic E-state index is -0.0428. The Bertz CT molecular complexity index is 99.3. The molecule has 1 aliphatic carbocycles. The van der Waals surface area contributed by atoms with Gasteiger partial charge in [-0.05, 0) is 30.6 Å². The van der Waals surface area contributed by atoms with E-state index in [0.717, 1.165) is 12.3 Å². The largest absolute Gasteiger partial charge is 0.393 e. The number of rotatable bonds is 0. The molecule has 1 fully saturated rings. The summed E-state index contributed by atoms with van der Waals surface area (Å²) in [5.41, 5.74) is 0. The summed E-state index contributed by atoms with van der Waals surface area (Å²) in [4.78, 5) is 0. The van der Waals surface area contributed by atoms with E-state index in [1.807, 2.05) is 0 Å². The van der Waals surface area contributed by atoms with Gasteiger partial charge in [0.15, 0.2) is 0 Å². The van der Waals surface area contributed by atoms with E-state index in [-0.39, 0.29) is 6.10 Å². The number of hydrogen-bond donors (Lipinski definition) is 1. The Labute approximate surface area is 63.4 Å². The van der Waals surface area contributed by atoms with Crippen molar-refractivity contribution in [2.75, 3.05) is 0 Å². The Balaban J connectivity index is 2.49. The maximum atomic E-state index is 9.52. The van der Waals surface area contributed by atoms with Gasteiger partial charge in [0.25, 0.3) is 0 Å². The molecule has 1 saturated carbocycles. The molecule has 0 aromatic carbocycles. The second-order valence-corrected chi connectivity index (χ2v) is 3.98. The summed E-state index contributed by atoms with van der Waals surface area (Å²) in [6, 6.07) is 0. The van der Waals surface area contributed by atoms with Gasteiger partial charge in [0.2, 0.25) is 0 Å². The van der Waals surface area contributed by atoms with Crippen LogP contribution in [0.2, 0.25) is 0 Å². The van der Waals surface area contributed by atoms with Crippen molar-refractivity contribution < 1.29 is 5.11 Å². The van der Waals surface area contributed by atoms with Crippen LogP contribution in [0.5, 0.6) is 0 Å². The number of aliphatic hydroxyl groups is 1. The Morgan fingerprint density at radius 1 is 1.10 bits per heavy atom. The molecule has 3 unspecified atom stereocenters. The summed E-state index contributed by atoms with van der Waals surface area (Å²) >= 11 is 0. The van der Waals surface area contributed by atoms with Crippen LogP contribution in [0, 0.1) is 17.8 Å². The van der Waals surface area contributed by atoms with Crippen LogP contribution in [-0.4, -0.2) is 11.2 Å². The molecule has 0 radical (unpaired) electrons. The summed E-state index contributed by atoms with van der Waals surface area (Å²) < 4.78 is 0. The molecule has 0 heterocycles. The molecule has 0 saturated heterocycles. The lowest BCUT2D eigenvalue weighted by atomic mass is 9.75. The SMILES string of the molecule is CC1C[C@@H](C)CC(O)C1C. The van der Waals surface area contributed by atoms with E-state index in [4.69, 9.17) is 0 Å². The molecule has 1 rings (SSSR count). The minimum absolute atomic E-state index is 0.0428. The predicted molar refractivity (Wildman–Crippen MR) is 42.7 cm³/mol. The highest BCUT2D eigenvalue weighted by molar-refractivity contribution is 4.79. The lowest BCUT2D eigenvalue weighted by Gasteiger charge is -2.34. The quantitative estimate of drug-likeness (QED) is 0.549. The van der Waals surface area contributed by atoms with E-state index in [1.54, 1.807) is 0 Å². The molecule has 4 atom stereocenters. The summed E-state index contributed by atoms with van der Waals surface area (Å²) in [6.45, 7) is 6.62. The van der Waals surface area contributed by atoms with Gasteiger partial charge in [0.05, 0.1) is 6.10 Å². The first-order valence-electron chi connectivity index (χ1n) is 4.29. The van der Waals surface area contributed by atoms with Crippen LogP contribution in [-0.2, 0) is 0 Å². The molecule has 0 aromatic rings. The van der Waals surface area contributed by atoms with Crippen molar-refractivity contribution in [2.45, 2.75) is 39.7 Å². The Morgan fingerprint density at radius 2 is 1.70 bits per heavy atom. The summed E-state index contributed by atoms with van der Waals surface area (Å²) in [6.07, 6.45) is 2.25. The zero-order valence-corrected chi connectivity index (χ0v) is 7.17. The van der Waals surface area contributed by atoms with Crippen molar-refractivity contribution in [2.24, 2.45) is 17.8 Å². The van der Waals surface area contributed by atoms with E-state index < -0.39 is 0 Å². The standard InChI is InChI=1S/C9H18O/c1-6-4-7(2)8(3)9(10)5-6/h6-10H,4-5H2,1-3H3/t6-,7?,8?,9?/m1/s1. The summed E-state index contributed by atoms with van der Waals surface area (Å²) in [5, 5.41) is 9.52. The van der Waals surface area contributed by atoms with Crippen LogP contribution in [0.25, 0.3) is 0 Å². The van der Waals surface area contributed by atoms with Crippen molar-refractivity contribution in [3.8, 4) is 0 Å². The van der Waals surface area contributed by atoms with Gasteiger partial charge >= 0.3 is 0 Å². The van der Waals surface area contributed by atoms with Gasteiger partial charge in [0.1, 0.15) is 0 Å². The van der Waals surface area contributed by atoms with Crippen molar-refractivity contribution in [3.05, 3.63) is 0 Å². The smallest absolute Gasteiger partial charge is 0.0570 e. The number of hydrogen-bond acceptors (Lipinski definition) is 1. The van der Waals surface area contributed by atoms with Crippen LogP contribution >= 0.6 is 0 Å². The highest BCUT2D eigenvalue weighted by Gasteiger charge is 2.28. The molecule has 0 aromatic heterocycles.